The fraction of sp³-hybridized carbons (Fsp3) is 0.833. The Bertz CT molecular complexity index is 352. The quantitative estimate of drug-likeness (QED) is 0.643. The van der Waals surface area contributed by atoms with Crippen LogP contribution in [-0.4, -0.2) is 51.2 Å². The molecule has 4 N–H and O–H groups in total. The van der Waals surface area contributed by atoms with Gasteiger partial charge in [-0.15, -0.1) is 0 Å². The lowest BCUT2D eigenvalue weighted by Gasteiger charge is -2.28. The van der Waals surface area contributed by atoms with Crippen LogP contribution in [0.2, 0.25) is 0 Å². The number of carboxylic acid groups (broad SMARTS) is 1. The molecule has 18 heavy (non-hydrogen) atoms. The lowest BCUT2D eigenvalue weighted by Crippen LogP contribution is -2.47. The zero-order valence-corrected chi connectivity index (χ0v) is 10.3. The van der Waals surface area contributed by atoms with Crippen LogP contribution in [0.3, 0.4) is 0 Å². The molecule has 102 valence electrons. The van der Waals surface area contributed by atoms with E-state index >= 15 is 0 Å². The first kappa shape index (κ1) is 13.3. The predicted octanol–water partition coefficient (Wildman–Crippen LogP) is -0.306. The van der Waals surface area contributed by atoms with E-state index in [2.05, 4.69) is 0 Å². The maximum absolute atomic E-state index is 12.1. The van der Waals surface area contributed by atoms with Crippen LogP contribution in [0.5, 0.6) is 0 Å². The molecule has 2 aliphatic rings. The Morgan fingerprint density at radius 3 is 2.50 bits per heavy atom. The summed E-state index contributed by atoms with van der Waals surface area (Å²) in [5.41, 5.74) is 5.65. The summed E-state index contributed by atoms with van der Waals surface area (Å²) in [5.74, 6) is -1.30. The number of hydrogen-bond donors (Lipinski definition) is 3. The number of likely N-dealkylation sites (tertiary alicyclic amines) is 1. The summed E-state index contributed by atoms with van der Waals surface area (Å²) < 4.78 is 0. The Kier molecular flexibility index (Phi) is 3.59. The van der Waals surface area contributed by atoms with Crippen molar-refractivity contribution < 1.29 is 19.8 Å². The van der Waals surface area contributed by atoms with Gasteiger partial charge in [-0.2, -0.15) is 0 Å². The molecule has 2 unspecified atom stereocenters. The molecular formula is C12H20N2O4. The van der Waals surface area contributed by atoms with Crippen molar-refractivity contribution in [3.05, 3.63) is 0 Å². The van der Waals surface area contributed by atoms with Crippen LogP contribution in [0.1, 0.15) is 38.5 Å². The zero-order valence-electron chi connectivity index (χ0n) is 10.3. The highest BCUT2D eigenvalue weighted by Gasteiger charge is 2.41. The molecule has 6 heteroatoms. The van der Waals surface area contributed by atoms with Crippen LogP contribution in [0.4, 0.5) is 0 Å². The molecule has 2 rings (SSSR count). The van der Waals surface area contributed by atoms with Crippen LogP contribution in [0.25, 0.3) is 0 Å². The average Bonchev–Trinajstić information content (AvgIpc) is 2.85. The topological polar surface area (TPSA) is 104 Å². The van der Waals surface area contributed by atoms with E-state index < -0.39 is 23.7 Å². The van der Waals surface area contributed by atoms with E-state index in [1.165, 1.54) is 4.90 Å². The number of carbonyl (C=O) groups is 2. The number of carboxylic acids is 1. The molecule has 2 atom stereocenters. The molecule has 1 aliphatic heterocycles. The van der Waals surface area contributed by atoms with Crippen LogP contribution in [-0.2, 0) is 9.59 Å². The summed E-state index contributed by atoms with van der Waals surface area (Å²) in [6, 6.07) is -0.905. The summed E-state index contributed by atoms with van der Waals surface area (Å²) in [4.78, 5) is 24.4. The molecule has 0 aromatic carbocycles. The Balaban J connectivity index is 2.01. The second-order valence-electron chi connectivity index (χ2n) is 5.54. The fourth-order valence-electron chi connectivity index (χ4n) is 2.98. The summed E-state index contributed by atoms with van der Waals surface area (Å²) in [6.45, 7) is 0.103. The minimum Gasteiger partial charge on any atom is -0.480 e. The van der Waals surface area contributed by atoms with Crippen molar-refractivity contribution in [1.82, 2.24) is 4.90 Å². The maximum Gasteiger partial charge on any atom is 0.326 e. The normalized spacial score (nSPS) is 30.7. The molecule has 0 radical (unpaired) electrons. The fourth-order valence-corrected chi connectivity index (χ4v) is 2.98. The number of nitrogens with zero attached hydrogens (tertiary/aromatic N) is 1. The van der Waals surface area contributed by atoms with Gasteiger partial charge >= 0.3 is 5.97 Å². The van der Waals surface area contributed by atoms with Crippen molar-refractivity contribution in [3.63, 3.8) is 0 Å². The van der Waals surface area contributed by atoms with Gasteiger partial charge in [0, 0.05) is 24.9 Å². The number of amides is 1. The van der Waals surface area contributed by atoms with Gasteiger partial charge in [-0.3, -0.25) is 4.79 Å². The van der Waals surface area contributed by atoms with E-state index in [9.17, 15) is 14.7 Å². The summed E-state index contributed by atoms with van der Waals surface area (Å²) in [6.07, 6.45) is 3.22. The molecule has 0 aromatic rings. The summed E-state index contributed by atoms with van der Waals surface area (Å²) >= 11 is 0. The number of aliphatic carboxylic acids is 1. The van der Waals surface area contributed by atoms with Gasteiger partial charge in [0.15, 0.2) is 0 Å². The second-order valence-corrected chi connectivity index (χ2v) is 5.54. The van der Waals surface area contributed by atoms with E-state index in [1.54, 1.807) is 0 Å². The first-order valence-corrected chi connectivity index (χ1v) is 6.40. The number of hydrogen-bond acceptors (Lipinski definition) is 4. The maximum atomic E-state index is 12.1. The summed E-state index contributed by atoms with van der Waals surface area (Å²) in [7, 11) is 0. The van der Waals surface area contributed by atoms with Gasteiger partial charge < -0.3 is 20.8 Å². The Morgan fingerprint density at radius 2 is 1.94 bits per heavy atom. The van der Waals surface area contributed by atoms with Crippen molar-refractivity contribution >= 4 is 11.9 Å². The second kappa shape index (κ2) is 4.85. The number of carbonyl (C=O) groups excluding carboxylic acids is 1. The van der Waals surface area contributed by atoms with E-state index in [0.29, 0.717) is 0 Å². The van der Waals surface area contributed by atoms with Crippen LogP contribution < -0.4 is 5.73 Å². The van der Waals surface area contributed by atoms with E-state index in [-0.39, 0.29) is 25.3 Å². The van der Waals surface area contributed by atoms with Crippen molar-refractivity contribution in [2.24, 2.45) is 5.73 Å². The Morgan fingerprint density at radius 1 is 1.33 bits per heavy atom. The van der Waals surface area contributed by atoms with Crippen molar-refractivity contribution in [1.29, 1.82) is 0 Å². The third-order valence-electron chi connectivity index (χ3n) is 3.99. The van der Waals surface area contributed by atoms with Gasteiger partial charge in [-0.1, -0.05) is 12.8 Å². The smallest absolute Gasteiger partial charge is 0.326 e. The first-order valence-electron chi connectivity index (χ1n) is 6.40. The number of aliphatic hydroxyl groups is 1. The third kappa shape index (κ3) is 2.64. The standard InChI is InChI=1S/C12H20N2O4/c13-12(3-1-2-4-12)6-10(16)14-7-8(15)5-9(14)11(17)18/h8-9,15H,1-7,13H2,(H,17,18). The predicted molar refractivity (Wildman–Crippen MR) is 63.8 cm³/mol. The highest BCUT2D eigenvalue weighted by atomic mass is 16.4. The monoisotopic (exact) mass is 256 g/mol. The largest absolute Gasteiger partial charge is 0.480 e. The first-order chi connectivity index (χ1) is 8.41. The van der Waals surface area contributed by atoms with Crippen LogP contribution in [0.15, 0.2) is 0 Å². The van der Waals surface area contributed by atoms with Gasteiger partial charge in [0.05, 0.1) is 6.10 Å². The molecule has 0 aromatic heterocycles. The van der Waals surface area contributed by atoms with E-state index in [1.807, 2.05) is 0 Å². The Hall–Kier alpha value is -1.14. The van der Waals surface area contributed by atoms with E-state index in [4.69, 9.17) is 10.8 Å². The highest BCUT2D eigenvalue weighted by Crippen LogP contribution is 2.31. The number of aliphatic hydroxyl groups excluding tert-OH is 1. The molecule has 2 fully saturated rings. The minimum atomic E-state index is -1.06. The molecule has 6 nitrogen and oxygen atoms in total. The van der Waals surface area contributed by atoms with Gasteiger partial charge in [0.1, 0.15) is 6.04 Å². The average molecular weight is 256 g/mol. The molecule has 1 heterocycles. The van der Waals surface area contributed by atoms with Gasteiger partial charge in [0.2, 0.25) is 5.91 Å². The van der Waals surface area contributed by atoms with Crippen LogP contribution >= 0.6 is 0 Å². The molecule has 1 saturated carbocycles. The minimum absolute atomic E-state index is 0.103. The molecule has 0 spiro atoms. The SMILES string of the molecule is NC1(CC(=O)N2CC(O)CC2C(=O)O)CCCC1. The number of β-amino-alcohol motifs (C(OH)–C–C–N with tert-alkyl or cyclic N) is 1. The van der Waals surface area contributed by atoms with E-state index in [0.717, 1.165) is 25.7 Å². The number of rotatable bonds is 3. The lowest BCUT2D eigenvalue weighted by atomic mass is 9.94. The van der Waals surface area contributed by atoms with Gasteiger partial charge in [-0.05, 0) is 12.8 Å². The summed E-state index contributed by atoms with van der Waals surface area (Å²) in [5, 5.41) is 18.5. The van der Waals surface area contributed by atoms with Gasteiger partial charge in [-0.25, -0.2) is 4.79 Å². The third-order valence-corrected chi connectivity index (χ3v) is 3.99. The van der Waals surface area contributed by atoms with Gasteiger partial charge in [0.25, 0.3) is 0 Å². The zero-order chi connectivity index (χ0) is 13.3. The molecular weight excluding hydrogens is 236 g/mol. The lowest BCUT2D eigenvalue weighted by molar-refractivity contribution is -0.148. The number of nitrogens with two attached hydrogens (primary N) is 1. The molecule has 1 amide bonds. The molecule has 0 bridgehead atoms. The molecule has 1 saturated heterocycles. The van der Waals surface area contributed by atoms with Crippen molar-refractivity contribution in [2.75, 3.05) is 6.54 Å². The van der Waals surface area contributed by atoms with Crippen molar-refractivity contribution in [2.45, 2.75) is 56.2 Å². The van der Waals surface area contributed by atoms with Crippen molar-refractivity contribution in [3.8, 4) is 0 Å². The highest BCUT2D eigenvalue weighted by molar-refractivity contribution is 5.85. The molecule has 1 aliphatic carbocycles. The Labute approximate surface area is 106 Å². The van der Waals surface area contributed by atoms with Crippen LogP contribution in [0, 0.1) is 0 Å².